The summed E-state index contributed by atoms with van der Waals surface area (Å²) >= 11 is 0. The Bertz CT molecular complexity index is 137. The van der Waals surface area contributed by atoms with E-state index in [-0.39, 0.29) is 29.6 Å². The van der Waals surface area contributed by atoms with Gasteiger partial charge in [-0.25, -0.2) is 4.79 Å². The second kappa shape index (κ2) is 9.94. The molecule has 0 aliphatic carbocycles. The maximum atomic E-state index is 9.45. The van der Waals surface area contributed by atoms with E-state index in [2.05, 4.69) is 0 Å². The first kappa shape index (κ1) is 18.6. The summed E-state index contributed by atoms with van der Waals surface area (Å²) in [5.74, 6) is -2.62. The molecule has 0 saturated heterocycles. The van der Waals surface area contributed by atoms with E-state index >= 15 is 0 Å². The number of aliphatic carboxylic acids is 2. The number of carboxylic acids is 2. The van der Waals surface area contributed by atoms with Gasteiger partial charge in [0.25, 0.3) is 0 Å². The number of rotatable bonds is 2. The largest absolute Gasteiger partial charge is 1.00 e. The number of hydrogen-bond donors (Lipinski definition) is 3. The molecule has 6 nitrogen and oxygen atoms in total. The Hall–Kier alpha value is -0.140. The maximum Gasteiger partial charge on any atom is 1.00 e. The minimum absolute atomic E-state index is 0. The van der Waals surface area contributed by atoms with Gasteiger partial charge in [0, 0.05) is 0 Å². The smallest absolute Gasteiger partial charge is 0.547 e. The summed E-state index contributed by atoms with van der Waals surface area (Å²) in [6.45, 7) is 2.33. The fraction of sp³-hybridized carbons (Fsp3) is 0.667. The predicted octanol–water partition coefficient (Wildman–Crippen LogP) is -5.43. The van der Waals surface area contributed by atoms with Gasteiger partial charge in [-0.1, -0.05) is 0 Å². The third kappa shape index (κ3) is 18.7. The zero-order valence-electron chi connectivity index (χ0n) is 7.72. The number of carboxylic acid groups (broad SMARTS) is 2. The SMILES string of the molecule is CC(O)C(=O)O.CC(O)C(=O)[O-].[Na+]. The van der Waals surface area contributed by atoms with Crippen LogP contribution < -0.4 is 34.7 Å². The molecule has 0 heterocycles. The van der Waals surface area contributed by atoms with Crippen LogP contribution in [-0.2, 0) is 9.59 Å². The molecule has 0 rings (SSSR count). The van der Waals surface area contributed by atoms with Crippen molar-refractivity contribution in [1.29, 1.82) is 0 Å². The van der Waals surface area contributed by atoms with Crippen molar-refractivity contribution in [2.75, 3.05) is 0 Å². The van der Waals surface area contributed by atoms with Gasteiger partial charge in [0.15, 0.2) is 0 Å². The van der Waals surface area contributed by atoms with Crippen molar-refractivity contribution in [2.24, 2.45) is 0 Å². The molecular formula is C6H11NaO6. The van der Waals surface area contributed by atoms with Crippen molar-refractivity contribution in [3.63, 3.8) is 0 Å². The molecule has 0 radical (unpaired) electrons. The molecule has 2 unspecified atom stereocenters. The molecule has 0 aromatic rings. The molecule has 3 N–H and O–H groups in total. The summed E-state index contributed by atoms with van der Waals surface area (Å²) in [5, 5.41) is 33.1. The van der Waals surface area contributed by atoms with Gasteiger partial charge in [-0.15, -0.1) is 0 Å². The van der Waals surface area contributed by atoms with Gasteiger partial charge in [0.2, 0.25) is 0 Å². The molecule has 0 fully saturated rings. The van der Waals surface area contributed by atoms with E-state index in [1.165, 1.54) is 6.92 Å². The third-order valence-corrected chi connectivity index (χ3v) is 0.699. The maximum absolute atomic E-state index is 9.45. The molecule has 0 aromatic carbocycles. The van der Waals surface area contributed by atoms with Gasteiger partial charge >= 0.3 is 35.5 Å². The standard InChI is InChI=1S/2C3H6O3.Na/c2*1-2(4)3(5)6;/h2*2,4H,1H3,(H,5,6);/q;;+1/p-1. The van der Waals surface area contributed by atoms with E-state index in [0.29, 0.717) is 0 Å². The minimum atomic E-state index is -1.44. The number of carbonyl (C=O) groups excluding carboxylic acids is 1. The van der Waals surface area contributed by atoms with Crippen molar-refractivity contribution in [2.45, 2.75) is 26.1 Å². The first-order valence-electron chi connectivity index (χ1n) is 3.08. The Kier molecular flexibility index (Phi) is 14.2. The van der Waals surface area contributed by atoms with Crippen LogP contribution in [0.2, 0.25) is 0 Å². The van der Waals surface area contributed by atoms with E-state index in [1.54, 1.807) is 0 Å². The number of hydrogen-bond acceptors (Lipinski definition) is 5. The van der Waals surface area contributed by atoms with Crippen LogP contribution in [-0.4, -0.2) is 39.5 Å². The molecule has 0 spiro atoms. The number of aliphatic hydroxyl groups is 2. The molecule has 2 atom stereocenters. The van der Waals surface area contributed by atoms with Crippen LogP contribution in [0.5, 0.6) is 0 Å². The van der Waals surface area contributed by atoms with Gasteiger partial charge in [-0.3, -0.25) is 0 Å². The van der Waals surface area contributed by atoms with E-state index < -0.39 is 24.1 Å². The summed E-state index contributed by atoms with van der Waals surface area (Å²) in [6, 6.07) is 0. The monoisotopic (exact) mass is 202 g/mol. The first-order chi connectivity index (χ1) is 5.29. The van der Waals surface area contributed by atoms with Crippen LogP contribution in [0.4, 0.5) is 0 Å². The predicted molar refractivity (Wildman–Crippen MR) is 36.0 cm³/mol. The van der Waals surface area contributed by atoms with Crippen molar-refractivity contribution < 1.29 is 59.6 Å². The van der Waals surface area contributed by atoms with Crippen molar-refractivity contribution in [3.05, 3.63) is 0 Å². The van der Waals surface area contributed by atoms with Crippen LogP contribution in [0.15, 0.2) is 0 Å². The van der Waals surface area contributed by atoms with Gasteiger partial charge in [-0.05, 0) is 13.8 Å². The van der Waals surface area contributed by atoms with Crippen molar-refractivity contribution >= 4 is 11.9 Å². The molecule has 72 valence electrons. The van der Waals surface area contributed by atoms with E-state index in [1.807, 2.05) is 0 Å². The molecule has 0 aliphatic rings. The second-order valence-electron chi connectivity index (χ2n) is 2.01. The topological polar surface area (TPSA) is 118 Å². The average Bonchev–Trinajstić information content (AvgIpc) is 1.88. The van der Waals surface area contributed by atoms with Crippen LogP contribution in [0.25, 0.3) is 0 Å². The summed E-state index contributed by atoms with van der Waals surface area (Å²) in [4.78, 5) is 18.8. The van der Waals surface area contributed by atoms with E-state index in [0.717, 1.165) is 6.92 Å². The first-order valence-corrected chi connectivity index (χ1v) is 3.08. The molecule has 0 aliphatic heterocycles. The second-order valence-corrected chi connectivity index (χ2v) is 2.01. The Morgan fingerprint density at radius 1 is 1.15 bits per heavy atom. The molecule has 0 amide bonds. The van der Waals surface area contributed by atoms with Gasteiger partial charge < -0.3 is 25.2 Å². The normalized spacial score (nSPS) is 12.6. The van der Waals surface area contributed by atoms with E-state index in [4.69, 9.17) is 15.3 Å². The fourth-order valence-corrected chi connectivity index (χ4v) is 0. The van der Waals surface area contributed by atoms with Crippen molar-refractivity contribution in [3.8, 4) is 0 Å². The number of carbonyl (C=O) groups is 2. The van der Waals surface area contributed by atoms with Crippen LogP contribution in [0, 0.1) is 0 Å². The third-order valence-electron chi connectivity index (χ3n) is 0.699. The Morgan fingerprint density at radius 2 is 1.31 bits per heavy atom. The van der Waals surface area contributed by atoms with Crippen LogP contribution >= 0.6 is 0 Å². The summed E-state index contributed by atoms with van der Waals surface area (Å²) < 4.78 is 0. The molecule has 0 bridgehead atoms. The van der Waals surface area contributed by atoms with Crippen molar-refractivity contribution in [1.82, 2.24) is 0 Å². The average molecular weight is 202 g/mol. The molecular weight excluding hydrogens is 191 g/mol. The quantitative estimate of drug-likeness (QED) is 0.384. The van der Waals surface area contributed by atoms with E-state index in [9.17, 15) is 14.7 Å². The summed E-state index contributed by atoms with van der Waals surface area (Å²) in [5.41, 5.74) is 0. The molecule has 0 saturated carbocycles. The summed E-state index contributed by atoms with van der Waals surface area (Å²) in [6.07, 6.45) is -2.57. The molecule has 7 heteroatoms. The Labute approximate surface area is 97.5 Å². The van der Waals surface area contributed by atoms with Gasteiger partial charge in [0.05, 0.1) is 12.1 Å². The summed E-state index contributed by atoms with van der Waals surface area (Å²) in [7, 11) is 0. The molecule has 0 aromatic heterocycles. The Morgan fingerprint density at radius 3 is 1.31 bits per heavy atom. The van der Waals surface area contributed by atoms with Crippen LogP contribution in [0.1, 0.15) is 13.8 Å². The Balaban J connectivity index is -0.000000143. The minimum Gasteiger partial charge on any atom is -0.547 e. The zero-order chi connectivity index (χ0) is 10.3. The number of aliphatic hydroxyl groups excluding tert-OH is 2. The zero-order valence-corrected chi connectivity index (χ0v) is 9.72. The fourth-order valence-electron chi connectivity index (χ4n) is 0. The van der Waals surface area contributed by atoms with Gasteiger partial charge in [0.1, 0.15) is 6.10 Å². The van der Waals surface area contributed by atoms with Gasteiger partial charge in [-0.2, -0.15) is 0 Å². The van der Waals surface area contributed by atoms with Crippen LogP contribution in [0.3, 0.4) is 0 Å². The molecule has 13 heavy (non-hydrogen) atoms.